The maximum absolute atomic E-state index is 12.7. The maximum atomic E-state index is 12.7. The molecule has 5 nitrogen and oxygen atoms in total. The van der Waals surface area contributed by atoms with Crippen LogP contribution in [0.25, 0.3) is 0 Å². The van der Waals surface area contributed by atoms with E-state index in [1.807, 2.05) is 24.4 Å². The van der Waals surface area contributed by atoms with E-state index >= 15 is 0 Å². The minimum Gasteiger partial charge on any atom is -0.356 e. The summed E-state index contributed by atoms with van der Waals surface area (Å²) in [6.45, 7) is 2.34. The number of carbonyl (C=O) groups excluding carboxylic acids is 2. The summed E-state index contributed by atoms with van der Waals surface area (Å²) in [7, 11) is 0. The van der Waals surface area contributed by atoms with Crippen molar-refractivity contribution in [3.05, 3.63) is 30.1 Å². The maximum Gasteiger partial charge on any atom is 0.223 e. The highest BCUT2D eigenvalue weighted by Crippen LogP contribution is 2.37. The van der Waals surface area contributed by atoms with Crippen molar-refractivity contribution in [2.24, 2.45) is 17.8 Å². The van der Waals surface area contributed by atoms with Crippen LogP contribution in [0.3, 0.4) is 0 Å². The van der Waals surface area contributed by atoms with Crippen molar-refractivity contribution in [3.63, 3.8) is 0 Å². The Balaban J connectivity index is 1.62. The van der Waals surface area contributed by atoms with Gasteiger partial charge in [-0.1, -0.05) is 18.9 Å². The lowest BCUT2D eigenvalue weighted by Gasteiger charge is -2.34. The summed E-state index contributed by atoms with van der Waals surface area (Å²) in [4.78, 5) is 28.4. The quantitative estimate of drug-likeness (QED) is 0.820. The van der Waals surface area contributed by atoms with Gasteiger partial charge in [0.15, 0.2) is 0 Å². The largest absolute Gasteiger partial charge is 0.356 e. The monoisotopic (exact) mass is 357 g/mol. The van der Waals surface area contributed by atoms with Gasteiger partial charge < -0.3 is 10.6 Å². The normalized spacial score (nSPS) is 24.8. The predicted molar refractivity (Wildman–Crippen MR) is 101 cm³/mol. The molecule has 0 spiro atoms. The molecule has 1 aromatic heterocycles. The number of hydrogen-bond donors (Lipinski definition) is 2. The summed E-state index contributed by atoms with van der Waals surface area (Å²) < 4.78 is 0. The molecule has 5 heteroatoms. The molecular weight excluding hydrogens is 326 g/mol. The lowest BCUT2D eigenvalue weighted by molar-refractivity contribution is -0.126. The zero-order chi connectivity index (χ0) is 18.4. The van der Waals surface area contributed by atoms with Crippen LogP contribution in [0.15, 0.2) is 24.4 Å². The Bertz CT molecular complexity index is 591. The molecule has 142 valence electrons. The molecule has 0 bridgehead atoms. The molecule has 26 heavy (non-hydrogen) atoms. The fourth-order valence-electron chi connectivity index (χ4n) is 4.47. The van der Waals surface area contributed by atoms with Gasteiger partial charge in [0.1, 0.15) is 0 Å². The lowest BCUT2D eigenvalue weighted by Crippen LogP contribution is -2.39. The summed E-state index contributed by atoms with van der Waals surface area (Å²) in [5, 5.41) is 6.28. The summed E-state index contributed by atoms with van der Waals surface area (Å²) in [5.74, 6) is 1.40. The third-order valence-corrected chi connectivity index (χ3v) is 6.03. The fourth-order valence-corrected chi connectivity index (χ4v) is 4.47. The van der Waals surface area contributed by atoms with E-state index in [0.717, 1.165) is 50.8 Å². The average Bonchev–Trinajstić information content (AvgIpc) is 3.20. The van der Waals surface area contributed by atoms with Crippen molar-refractivity contribution in [3.8, 4) is 0 Å². The van der Waals surface area contributed by atoms with Crippen molar-refractivity contribution in [2.75, 3.05) is 6.54 Å². The molecule has 2 saturated carbocycles. The molecule has 2 aliphatic rings. The fraction of sp³-hybridized carbons (Fsp3) is 0.667. The van der Waals surface area contributed by atoms with Gasteiger partial charge in [-0.25, -0.2) is 0 Å². The summed E-state index contributed by atoms with van der Waals surface area (Å²) >= 11 is 0. The highest BCUT2D eigenvalue weighted by atomic mass is 16.2. The van der Waals surface area contributed by atoms with Crippen LogP contribution in [-0.4, -0.2) is 23.3 Å². The van der Waals surface area contributed by atoms with E-state index in [-0.39, 0.29) is 23.8 Å². The number of aromatic nitrogens is 1. The second-order valence-corrected chi connectivity index (χ2v) is 7.94. The van der Waals surface area contributed by atoms with Gasteiger partial charge in [-0.15, -0.1) is 0 Å². The van der Waals surface area contributed by atoms with Crippen LogP contribution < -0.4 is 10.6 Å². The van der Waals surface area contributed by atoms with Gasteiger partial charge in [0.25, 0.3) is 0 Å². The van der Waals surface area contributed by atoms with Gasteiger partial charge in [-0.05, 0) is 62.5 Å². The second kappa shape index (κ2) is 9.15. The van der Waals surface area contributed by atoms with Crippen molar-refractivity contribution >= 4 is 11.8 Å². The standard InChI is InChI=1S/C21H31N3O2/c1-15(25)23-14-16-9-11-17(12-10-16)20(19-8-4-5-13-22-19)24-21(26)18-6-2-3-7-18/h4-5,8,13,16-18,20H,2-3,6-7,9-12,14H2,1H3,(H,23,25)(H,24,26). The number of hydrogen-bond acceptors (Lipinski definition) is 3. The van der Waals surface area contributed by atoms with E-state index in [1.165, 1.54) is 12.8 Å². The topological polar surface area (TPSA) is 71.1 Å². The second-order valence-electron chi connectivity index (χ2n) is 7.94. The molecule has 1 unspecified atom stereocenters. The minimum absolute atomic E-state index is 0.00557. The van der Waals surface area contributed by atoms with Crippen molar-refractivity contribution in [1.29, 1.82) is 0 Å². The minimum atomic E-state index is 0.00557. The van der Waals surface area contributed by atoms with Crippen molar-refractivity contribution < 1.29 is 9.59 Å². The lowest BCUT2D eigenvalue weighted by atomic mass is 9.77. The predicted octanol–water partition coefficient (Wildman–Crippen LogP) is 3.37. The van der Waals surface area contributed by atoms with Crippen LogP contribution in [-0.2, 0) is 9.59 Å². The number of pyridine rings is 1. The van der Waals surface area contributed by atoms with Gasteiger partial charge >= 0.3 is 0 Å². The van der Waals surface area contributed by atoms with Crippen LogP contribution in [0.4, 0.5) is 0 Å². The first-order chi connectivity index (χ1) is 12.6. The van der Waals surface area contributed by atoms with Crippen molar-refractivity contribution in [2.45, 2.75) is 64.3 Å². The average molecular weight is 357 g/mol. The molecule has 2 aliphatic carbocycles. The van der Waals surface area contributed by atoms with Crippen LogP contribution in [0, 0.1) is 17.8 Å². The first-order valence-corrected chi connectivity index (χ1v) is 10.1. The highest BCUT2D eigenvalue weighted by Gasteiger charge is 2.32. The molecule has 1 heterocycles. The molecule has 2 fully saturated rings. The van der Waals surface area contributed by atoms with E-state index in [9.17, 15) is 9.59 Å². The molecule has 2 N–H and O–H groups in total. The SMILES string of the molecule is CC(=O)NCC1CCC(C(NC(=O)C2CCCC2)c2ccccn2)CC1. The Hall–Kier alpha value is -1.91. The molecule has 0 aliphatic heterocycles. The van der Waals surface area contributed by atoms with E-state index in [2.05, 4.69) is 15.6 Å². The third-order valence-electron chi connectivity index (χ3n) is 6.03. The summed E-state index contributed by atoms with van der Waals surface area (Å²) in [6, 6.07) is 5.96. The molecule has 0 saturated heterocycles. The number of rotatable bonds is 6. The number of amides is 2. The Kier molecular flexibility index (Phi) is 6.64. The van der Waals surface area contributed by atoms with Gasteiger partial charge in [0, 0.05) is 25.6 Å². The van der Waals surface area contributed by atoms with Crippen LogP contribution >= 0.6 is 0 Å². The smallest absolute Gasteiger partial charge is 0.223 e. The first kappa shape index (κ1) is 18.9. The van der Waals surface area contributed by atoms with Gasteiger partial charge in [0.05, 0.1) is 11.7 Å². The van der Waals surface area contributed by atoms with Gasteiger partial charge in [0.2, 0.25) is 11.8 Å². The van der Waals surface area contributed by atoms with Crippen molar-refractivity contribution in [1.82, 2.24) is 15.6 Å². The summed E-state index contributed by atoms with van der Waals surface area (Å²) in [5.41, 5.74) is 0.976. The van der Waals surface area contributed by atoms with E-state index < -0.39 is 0 Å². The molecule has 3 rings (SSSR count). The van der Waals surface area contributed by atoms with E-state index in [1.54, 1.807) is 6.92 Å². The molecule has 1 atom stereocenters. The Labute approximate surface area is 156 Å². The Morgan fingerprint density at radius 2 is 1.85 bits per heavy atom. The zero-order valence-corrected chi connectivity index (χ0v) is 15.7. The Morgan fingerprint density at radius 1 is 1.12 bits per heavy atom. The summed E-state index contributed by atoms with van der Waals surface area (Å²) in [6.07, 6.45) is 10.5. The first-order valence-electron chi connectivity index (χ1n) is 10.1. The third kappa shape index (κ3) is 5.05. The van der Waals surface area contributed by atoms with Gasteiger partial charge in [-0.3, -0.25) is 14.6 Å². The van der Waals surface area contributed by atoms with E-state index in [0.29, 0.717) is 11.8 Å². The van der Waals surface area contributed by atoms with Crippen LogP contribution in [0.2, 0.25) is 0 Å². The van der Waals surface area contributed by atoms with Crippen LogP contribution in [0.1, 0.15) is 70.0 Å². The van der Waals surface area contributed by atoms with E-state index in [4.69, 9.17) is 0 Å². The number of nitrogens with one attached hydrogen (secondary N) is 2. The van der Waals surface area contributed by atoms with Crippen LogP contribution in [0.5, 0.6) is 0 Å². The Morgan fingerprint density at radius 3 is 2.46 bits per heavy atom. The molecule has 0 aromatic carbocycles. The number of carbonyl (C=O) groups is 2. The van der Waals surface area contributed by atoms with Gasteiger partial charge in [-0.2, -0.15) is 0 Å². The highest BCUT2D eigenvalue weighted by molar-refractivity contribution is 5.79. The zero-order valence-electron chi connectivity index (χ0n) is 15.7. The molecule has 0 radical (unpaired) electrons. The number of nitrogens with zero attached hydrogens (tertiary/aromatic N) is 1. The molecular formula is C21H31N3O2. The molecule has 1 aromatic rings. The molecule has 2 amide bonds.